The van der Waals surface area contributed by atoms with Gasteiger partial charge in [0.25, 0.3) is 0 Å². The van der Waals surface area contributed by atoms with Crippen LogP contribution in [0.5, 0.6) is 0 Å². The van der Waals surface area contributed by atoms with Crippen LogP contribution >= 0.6 is 15.6 Å². The fraction of sp³-hybridized carbons (Fsp3) is 0.946. The Morgan fingerprint density at radius 1 is 0.312 bits per heavy atom. The number of rotatable bonds is 72. The summed E-state index contributed by atoms with van der Waals surface area (Å²) in [6, 6.07) is 0. The zero-order valence-electron chi connectivity index (χ0n) is 60.7. The van der Waals surface area contributed by atoms with E-state index in [9.17, 15) is 43.2 Å². The van der Waals surface area contributed by atoms with Crippen molar-refractivity contribution in [3.05, 3.63) is 0 Å². The molecular weight excluding hydrogens is 1220 g/mol. The third-order valence-corrected chi connectivity index (χ3v) is 19.8. The van der Waals surface area contributed by atoms with Crippen molar-refractivity contribution in [2.24, 2.45) is 17.8 Å². The molecule has 0 heterocycles. The fourth-order valence-electron chi connectivity index (χ4n) is 11.2. The van der Waals surface area contributed by atoms with Crippen molar-refractivity contribution in [1.82, 2.24) is 0 Å². The van der Waals surface area contributed by atoms with E-state index in [0.29, 0.717) is 31.6 Å². The molecular formula is C74H144O17P2. The Morgan fingerprint density at radius 3 is 0.817 bits per heavy atom. The van der Waals surface area contributed by atoms with E-state index in [1.807, 2.05) is 0 Å². The number of hydrogen-bond acceptors (Lipinski definition) is 15. The second-order valence-corrected chi connectivity index (χ2v) is 30.6. The largest absolute Gasteiger partial charge is 0.472 e. The second kappa shape index (κ2) is 64.7. The van der Waals surface area contributed by atoms with E-state index < -0.39 is 97.5 Å². The lowest BCUT2D eigenvalue weighted by Gasteiger charge is -2.21. The molecule has 0 saturated carbocycles. The average molecular weight is 1370 g/mol. The molecule has 0 rings (SSSR count). The summed E-state index contributed by atoms with van der Waals surface area (Å²) in [4.78, 5) is 72.6. The maximum Gasteiger partial charge on any atom is 0.472 e. The molecule has 0 amide bonds. The Hall–Kier alpha value is -1.94. The molecule has 0 aliphatic rings. The number of ether oxygens (including phenoxy) is 4. The number of aliphatic hydroxyl groups is 1. The average Bonchev–Trinajstić information content (AvgIpc) is 1.60. The number of unbranched alkanes of at least 4 members (excludes halogenated alkanes) is 38. The Morgan fingerprint density at radius 2 is 0.548 bits per heavy atom. The summed E-state index contributed by atoms with van der Waals surface area (Å²) in [7, 11) is -9.91. The Bertz CT molecular complexity index is 1820. The number of carbonyl (C=O) groups excluding carboxylic acids is 4. The van der Waals surface area contributed by atoms with Gasteiger partial charge in [0.1, 0.15) is 19.3 Å². The fourth-order valence-corrected chi connectivity index (χ4v) is 12.8. The molecule has 0 aliphatic heterocycles. The molecule has 0 aromatic carbocycles. The summed E-state index contributed by atoms with van der Waals surface area (Å²) in [5.41, 5.74) is 0. The molecule has 552 valence electrons. The van der Waals surface area contributed by atoms with Crippen LogP contribution in [0.4, 0.5) is 0 Å². The van der Waals surface area contributed by atoms with Crippen LogP contribution in [0.25, 0.3) is 0 Å². The van der Waals surface area contributed by atoms with Gasteiger partial charge in [0, 0.05) is 25.7 Å². The molecule has 93 heavy (non-hydrogen) atoms. The van der Waals surface area contributed by atoms with Crippen LogP contribution in [0.1, 0.15) is 376 Å². The lowest BCUT2D eigenvalue weighted by atomic mass is 9.99. The van der Waals surface area contributed by atoms with Crippen LogP contribution in [-0.2, 0) is 65.4 Å². The number of aliphatic hydroxyl groups excluding tert-OH is 1. The number of hydrogen-bond donors (Lipinski definition) is 3. The molecule has 4 unspecified atom stereocenters. The lowest BCUT2D eigenvalue weighted by Crippen LogP contribution is -2.30. The molecule has 19 heteroatoms. The van der Waals surface area contributed by atoms with Gasteiger partial charge >= 0.3 is 39.5 Å². The number of phosphoric ester groups is 2. The van der Waals surface area contributed by atoms with E-state index in [1.165, 1.54) is 180 Å². The van der Waals surface area contributed by atoms with Gasteiger partial charge in [-0.25, -0.2) is 9.13 Å². The highest BCUT2D eigenvalue weighted by Gasteiger charge is 2.30. The van der Waals surface area contributed by atoms with Crippen LogP contribution in [0.3, 0.4) is 0 Å². The standard InChI is InChI=1S/C74H144O17P2/c1-8-11-12-13-14-15-16-17-18-19-23-26-29-32-41-48-55-71(76)84-61-69(90-73(78)57-50-43-33-30-27-24-21-20-22-25-28-31-39-46-53-66(6)9-2)63-88-92(80,81)86-59-68(75)60-87-93(82,83)89-64-70(62-85-72(77)56-49-42-36-34-38-45-52-65(4)5)91-74(79)58-51-44-37-35-40-47-54-67(7)10-3/h65-70,75H,8-64H2,1-7H3,(H,80,81)(H,82,83)/t66?,67?,68-,69-,70-/m1/s1. The van der Waals surface area contributed by atoms with Crippen molar-refractivity contribution in [2.75, 3.05) is 39.6 Å². The van der Waals surface area contributed by atoms with Crippen molar-refractivity contribution in [2.45, 2.75) is 394 Å². The van der Waals surface area contributed by atoms with Gasteiger partial charge in [-0.3, -0.25) is 37.3 Å². The van der Waals surface area contributed by atoms with E-state index in [4.69, 9.17) is 37.0 Å². The van der Waals surface area contributed by atoms with Crippen LogP contribution in [0, 0.1) is 17.8 Å². The molecule has 0 fully saturated rings. The zero-order valence-corrected chi connectivity index (χ0v) is 62.5. The molecule has 0 aromatic heterocycles. The first-order chi connectivity index (χ1) is 44.8. The van der Waals surface area contributed by atoms with Gasteiger partial charge in [0.2, 0.25) is 0 Å². The topological polar surface area (TPSA) is 237 Å². The number of phosphoric acid groups is 2. The quantitative estimate of drug-likeness (QED) is 0.0222. The summed E-state index contributed by atoms with van der Waals surface area (Å²) < 4.78 is 68.4. The van der Waals surface area contributed by atoms with Crippen molar-refractivity contribution in [1.29, 1.82) is 0 Å². The van der Waals surface area contributed by atoms with Crippen LogP contribution in [0.2, 0.25) is 0 Å². The maximum absolute atomic E-state index is 13.1. The summed E-state index contributed by atoms with van der Waals surface area (Å²) in [6.45, 7) is 11.8. The third kappa shape index (κ3) is 65.8. The Balaban J connectivity index is 5.22. The van der Waals surface area contributed by atoms with Crippen molar-refractivity contribution in [3.63, 3.8) is 0 Å². The second-order valence-electron chi connectivity index (χ2n) is 27.6. The first-order valence-electron chi connectivity index (χ1n) is 38.4. The van der Waals surface area contributed by atoms with Gasteiger partial charge in [-0.15, -0.1) is 0 Å². The van der Waals surface area contributed by atoms with Gasteiger partial charge in [0.05, 0.1) is 26.4 Å². The molecule has 3 N–H and O–H groups in total. The molecule has 0 radical (unpaired) electrons. The van der Waals surface area contributed by atoms with Crippen LogP contribution < -0.4 is 0 Å². The first-order valence-corrected chi connectivity index (χ1v) is 41.4. The maximum atomic E-state index is 13.1. The highest BCUT2D eigenvalue weighted by atomic mass is 31.2. The molecule has 7 atom stereocenters. The monoisotopic (exact) mass is 1370 g/mol. The lowest BCUT2D eigenvalue weighted by molar-refractivity contribution is -0.161. The minimum absolute atomic E-state index is 0.102. The molecule has 17 nitrogen and oxygen atoms in total. The highest BCUT2D eigenvalue weighted by molar-refractivity contribution is 7.47. The molecule has 0 aromatic rings. The highest BCUT2D eigenvalue weighted by Crippen LogP contribution is 2.45. The predicted molar refractivity (Wildman–Crippen MR) is 377 cm³/mol. The van der Waals surface area contributed by atoms with Crippen LogP contribution in [0.15, 0.2) is 0 Å². The molecule has 0 aliphatic carbocycles. The summed E-state index contributed by atoms with van der Waals surface area (Å²) in [5, 5.41) is 10.6. The first kappa shape index (κ1) is 91.1. The molecule has 0 spiro atoms. The zero-order chi connectivity index (χ0) is 68.7. The number of carbonyl (C=O) groups is 4. The van der Waals surface area contributed by atoms with Gasteiger partial charge in [-0.1, -0.05) is 325 Å². The predicted octanol–water partition coefficient (Wildman–Crippen LogP) is 21.4. The van der Waals surface area contributed by atoms with Crippen molar-refractivity contribution in [3.8, 4) is 0 Å². The van der Waals surface area contributed by atoms with Crippen molar-refractivity contribution < 1.29 is 80.2 Å². The smallest absolute Gasteiger partial charge is 0.462 e. The minimum atomic E-state index is -4.96. The summed E-state index contributed by atoms with van der Waals surface area (Å²) >= 11 is 0. The molecule has 0 bridgehead atoms. The minimum Gasteiger partial charge on any atom is -0.462 e. The molecule has 0 saturated heterocycles. The van der Waals surface area contributed by atoms with Crippen molar-refractivity contribution >= 4 is 39.5 Å². The van der Waals surface area contributed by atoms with Gasteiger partial charge < -0.3 is 33.8 Å². The van der Waals surface area contributed by atoms with E-state index in [-0.39, 0.29) is 25.7 Å². The van der Waals surface area contributed by atoms with Gasteiger partial charge in [-0.05, 0) is 43.4 Å². The van der Waals surface area contributed by atoms with E-state index >= 15 is 0 Å². The van der Waals surface area contributed by atoms with Gasteiger partial charge in [0.15, 0.2) is 12.2 Å². The Kier molecular flexibility index (Phi) is 63.4. The third-order valence-electron chi connectivity index (χ3n) is 17.9. The van der Waals surface area contributed by atoms with E-state index in [2.05, 4.69) is 48.5 Å². The number of esters is 4. The summed E-state index contributed by atoms with van der Waals surface area (Å²) in [6.07, 6.45) is 50.1. The van der Waals surface area contributed by atoms with Crippen LogP contribution in [-0.4, -0.2) is 96.7 Å². The van der Waals surface area contributed by atoms with Gasteiger partial charge in [-0.2, -0.15) is 0 Å². The Labute approximate surface area is 568 Å². The normalized spacial score (nSPS) is 14.7. The van der Waals surface area contributed by atoms with E-state index in [1.54, 1.807) is 0 Å². The summed E-state index contributed by atoms with van der Waals surface area (Å²) in [5.74, 6) is 0.120. The van der Waals surface area contributed by atoms with E-state index in [0.717, 1.165) is 108 Å². The SMILES string of the molecule is CCCCCCCCCCCCCCCCCCC(=O)OC[C@H](COP(=O)(O)OC[C@@H](O)COP(=O)(O)OC[C@@H](COC(=O)CCCCCCCCC(C)C)OC(=O)CCCCCCCCC(C)CC)OC(=O)CCCCCCCCCCCCCCCCC(C)CC.